The van der Waals surface area contributed by atoms with E-state index in [0.717, 1.165) is 19.3 Å². The van der Waals surface area contributed by atoms with E-state index in [1.807, 2.05) is 0 Å². The van der Waals surface area contributed by atoms with E-state index in [1.165, 1.54) is 7.11 Å². The number of halogens is 2. The fourth-order valence-corrected chi connectivity index (χ4v) is 5.27. The monoisotopic (exact) mass is 410 g/mol. The van der Waals surface area contributed by atoms with Crippen LogP contribution in [0.2, 0.25) is 0 Å². The van der Waals surface area contributed by atoms with Gasteiger partial charge in [0.1, 0.15) is 5.75 Å². The van der Waals surface area contributed by atoms with Gasteiger partial charge in [0.25, 0.3) is 0 Å². The predicted molar refractivity (Wildman–Crippen MR) is 91.3 cm³/mol. The highest BCUT2D eigenvalue weighted by molar-refractivity contribution is 9.10. The smallest absolute Gasteiger partial charge is 0.243 e. The quantitative estimate of drug-likeness (QED) is 0.830. The summed E-state index contributed by atoms with van der Waals surface area (Å²) in [5.41, 5.74) is 0. The molecule has 2 saturated heterocycles. The Kier molecular flexibility index (Phi) is 5.77. The summed E-state index contributed by atoms with van der Waals surface area (Å²) in [5.74, 6) is 0.539. The lowest BCUT2D eigenvalue weighted by Crippen LogP contribution is -2.39. The van der Waals surface area contributed by atoms with Gasteiger partial charge < -0.3 is 10.1 Å². The molecular formula is C14H20BrClN2O3S. The van der Waals surface area contributed by atoms with Crippen LogP contribution >= 0.6 is 28.3 Å². The number of hydrogen-bond donors (Lipinski definition) is 1. The Morgan fingerprint density at radius 1 is 1.23 bits per heavy atom. The van der Waals surface area contributed by atoms with Crippen LogP contribution in [-0.4, -0.2) is 45.0 Å². The Labute approximate surface area is 146 Å². The summed E-state index contributed by atoms with van der Waals surface area (Å²) in [5, 5.41) is 3.50. The van der Waals surface area contributed by atoms with Crippen LogP contribution in [0.4, 0.5) is 0 Å². The number of rotatable bonds is 3. The van der Waals surface area contributed by atoms with Gasteiger partial charge in [-0.15, -0.1) is 12.4 Å². The maximum Gasteiger partial charge on any atom is 0.243 e. The number of ether oxygens (including phenoxy) is 1. The second kappa shape index (κ2) is 7.05. The summed E-state index contributed by atoms with van der Waals surface area (Å²) < 4.78 is 33.2. The zero-order valence-electron chi connectivity index (χ0n) is 12.3. The Morgan fingerprint density at radius 3 is 2.68 bits per heavy atom. The molecule has 2 aliphatic rings. The first-order valence-corrected chi connectivity index (χ1v) is 9.33. The predicted octanol–water partition coefficient (Wildman–Crippen LogP) is 2.39. The third kappa shape index (κ3) is 3.59. The van der Waals surface area contributed by atoms with E-state index in [9.17, 15) is 8.42 Å². The second-order valence-electron chi connectivity index (χ2n) is 5.62. The van der Waals surface area contributed by atoms with Gasteiger partial charge in [-0.3, -0.25) is 0 Å². The lowest BCUT2D eigenvalue weighted by Gasteiger charge is -2.24. The molecule has 2 unspecified atom stereocenters. The third-order valence-corrected chi connectivity index (χ3v) is 6.51. The van der Waals surface area contributed by atoms with Gasteiger partial charge in [0.05, 0.1) is 12.0 Å². The van der Waals surface area contributed by atoms with Crippen LogP contribution in [0, 0.1) is 0 Å². The van der Waals surface area contributed by atoms with E-state index in [4.69, 9.17) is 4.74 Å². The fourth-order valence-electron chi connectivity index (χ4n) is 3.08. The van der Waals surface area contributed by atoms with E-state index < -0.39 is 10.0 Å². The molecule has 22 heavy (non-hydrogen) atoms. The van der Waals surface area contributed by atoms with Crippen molar-refractivity contribution in [3.8, 4) is 5.75 Å². The zero-order valence-corrected chi connectivity index (χ0v) is 15.5. The SMILES string of the molecule is COc1cc(Br)cc(S(=O)(=O)N2CCC3CCC(C2)N3)c1.Cl. The normalized spacial score (nSPS) is 25.4. The fraction of sp³-hybridized carbons (Fsp3) is 0.571. The number of benzene rings is 1. The second-order valence-corrected chi connectivity index (χ2v) is 8.47. The van der Waals surface area contributed by atoms with Crippen molar-refractivity contribution >= 4 is 38.4 Å². The molecule has 2 heterocycles. The van der Waals surface area contributed by atoms with Crippen LogP contribution in [0.5, 0.6) is 5.75 Å². The molecule has 2 fully saturated rings. The van der Waals surface area contributed by atoms with Crippen molar-refractivity contribution in [1.29, 1.82) is 0 Å². The number of fused-ring (bicyclic) bond motifs is 2. The molecular weight excluding hydrogens is 392 g/mol. The molecule has 0 spiro atoms. The zero-order chi connectivity index (χ0) is 15.0. The molecule has 0 radical (unpaired) electrons. The number of nitrogens with zero attached hydrogens (tertiary/aromatic N) is 1. The maximum absolute atomic E-state index is 12.9. The first-order chi connectivity index (χ1) is 9.99. The molecule has 0 amide bonds. The summed E-state index contributed by atoms with van der Waals surface area (Å²) in [4.78, 5) is 0.284. The van der Waals surface area contributed by atoms with Crippen molar-refractivity contribution in [3.05, 3.63) is 22.7 Å². The van der Waals surface area contributed by atoms with Gasteiger partial charge in [-0.05, 0) is 31.4 Å². The number of methoxy groups -OCH3 is 1. The minimum absolute atomic E-state index is 0. The molecule has 2 atom stereocenters. The maximum atomic E-state index is 12.9. The highest BCUT2D eigenvalue weighted by Gasteiger charge is 2.35. The van der Waals surface area contributed by atoms with Crippen molar-refractivity contribution in [2.45, 2.75) is 36.2 Å². The van der Waals surface area contributed by atoms with Gasteiger partial charge in [-0.25, -0.2) is 8.42 Å². The van der Waals surface area contributed by atoms with Gasteiger partial charge in [0.2, 0.25) is 10.0 Å². The minimum Gasteiger partial charge on any atom is -0.497 e. The number of sulfonamides is 1. The molecule has 0 aromatic heterocycles. The highest BCUT2D eigenvalue weighted by atomic mass is 79.9. The van der Waals surface area contributed by atoms with Crippen LogP contribution in [0.3, 0.4) is 0 Å². The van der Waals surface area contributed by atoms with E-state index in [0.29, 0.717) is 29.4 Å². The van der Waals surface area contributed by atoms with E-state index in [2.05, 4.69) is 21.2 Å². The van der Waals surface area contributed by atoms with Gasteiger partial charge >= 0.3 is 0 Å². The molecule has 1 N–H and O–H groups in total. The van der Waals surface area contributed by atoms with Gasteiger partial charge in [-0.1, -0.05) is 15.9 Å². The van der Waals surface area contributed by atoms with Crippen molar-refractivity contribution in [2.24, 2.45) is 0 Å². The summed E-state index contributed by atoms with van der Waals surface area (Å²) in [6.45, 7) is 1.12. The molecule has 1 aromatic carbocycles. The topological polar surface area (TPSA) is 58.6 Å². The van der Waals surface area contributed by atoms with E-state index >= 15 is 0 Å². The van der Waals surface area contributed by atoms with Gasteiger partial charge in [-0.2, -0.15) is 4.31 Å². The molecule has 2 aliphatic heterocycles. The van der Waals surface area contributed by atoms with Crippen LogP contribution in [-0.2, 0) is 10.0 Å². The van der Waals surface area contributed by atoms with E-state index in [1.54, 1.807) is 22.5 Å². The Bertz CT molecular complexity index is 641. The lowest BCUT2D eigenvalue weighted by molar-refractivity contribution is 0.382. The number of nitrogens with one attached hydrogen (secondary N) is 1. The third-order valence-electron chi connectivity index (χ3n) is 4.20. The Morgan fingerprint density at radius 2 is 1.95 bits per heavy atom. The molecule has 1 aromatic rings. The molecule has 0 saturated carbocycles. The standard InChI is InChI=1S/C14H19BrN2O3S.ClH/c1-20-13-6-10(15)7-14(8-13)21(18,19)17-5-4-11-2-3-12(9-17)16-11;/h6-8,11-12,16H,2-5,9H2,1H3;1H. The Balaban J connectivity index is 0.00000176. The van der Waals surface area contributed by atoms with Crippen LogP contribution < -0.4 is 10.1 Å². The van der Waals surface area contributed by atoms with Gasteiger partial charge in [0.15, 0.2) is 0 Å². The highest BCUT2D eigenvalue weighted by Crippen LogP contribution is 2.29. The average Bonchev–Trinajstić information content (AvgIpc) is 2.76. The number of hydrogen-bond acceptors (Lipinski definition) is 4. The molecule has 8 heteroatoms. The van der Waals surface area contributed by atoms with Gasteiger partial charge in [0, 0.05) is 35.7 Å². The minimum atomic E-state index is -3.48. The van der Waals surface area contributed by atoms with Crippen LogP contribution in [0.15, 0.2) is 27.6 Å². The molecule has 0 aliphatic carbocycles. The molecule has 2 bridgehead atoms. The van der Waals surface area contributed by atoms with Crippen molar-refractivity contribution in [1.82, 2.24) is 9.62 Å². The first kappa shape index (κ1) is 18.0. The average molecular weight is 412 g/mol. The molecule has 3 rings (SSSR count). The Hall–Kier alpha value is -0.340. The summed E-state index contributed by atoms with van der Waals surface area (Å²) >= 11 is 3.34. The summed E-state index contributed by atoms with van der Waals surface area (Å²) in [7, 11) is -1.94. The lowest BCUT2D eigenvalue weighted by atomic mass is 10.1. The molecule has 124 valence electrons. The first-order valence-electron chi connectivity index (χ1n) is 7.10. The van der Waals surface area contributed by atoms with Crippen LogP contribution in [0.25, 0.3) is 0 Å². The van der Waals surface area contributed by atoms with Crippen LogP contribution in [0.1, 0.15) is 19.3 Å². The molecule has 5 nitrogen and oxygen atoms in total. The largest absolute Gasteiger partial charge is 0.497 e. The van der Waals surface area contributed by atoms with Crippen molar-refractivity contribution in [2.75, 3.05) is 20.2 Å². The summed E-state index contributed by atoms with van der Waals surface area (Å²) in [6, 6.07) is 5.71. The van der Waals surface area contributed by atoms with E-state index in [-0.39, 0.29) is 23.3 Å². The van der Waals surface area contributed by atoms with Crippen molar-refractivity contribution < 1.29 is 13.2 Å². The summed E-state index contributed by atoms with van der Waals surface area (Å²) in [6.07, 6.45) is 3.09. The van der Waals surface area contributed by atoms with Crippen molar-refractivity contribution in [3.63, 3.8) is 0 Å².